The molecule has 3 rings (SSSR count). The van der Waals surface area contributed by atoms with Gasteiger partial charge in [0.15, 0.2) is 0 Å². The first-order valence-electron chi connectivity index (χ1n) is 9.20. The number of hydrogen-bond acceptors (Lipinski definition) is 5. The molecule has 8 heteroatoms. The Kier molecular flexibility index (Phi) is 6.33. The molecule has 7 nitrogen and oxygen atoms in total. The van der Waals surface area contributed by atoms with Gasteiger partial charge in [0.25, 0.3) is 5.69 Å². The summed E-state index contributed by atoms with van der Waals surface area (Å²) in [6.45, 7) is 5.10. The average molecular weight is 386 g/mol. The number of carbonyl (C=O) groups excluding carboxylic acids is 1. The highest BCUT2D eigenvalue weighted by Gasteiger charge is 2.27. The number of piperazine rings is 1. The number of amides is 1. The molecule has 148 valence electrons. The van der Waals surface area contributed by atoms with E-state index in [1.807, 2.05) is 11.0 Å². The van der Waals surface area contributed by atoms with Crippen molar-refractivity contribution in [3.8, 4) is 0 Å². The van der Waals surface area contributed by atoms with Crippen molar-refractivity contribution in [2.24, 2.45) is 0 Å². The van der Waals surface area contributed by atoms with E-state index < -0.39 is 11.0 Å². The third kappa shape index (κ3) is 4.71. The normalized spacial score (nSPS) is 16.5. The van der Waals surface area contributed by atoms with Gasteiger partial charge in [-0.05, 0) is 19.1 Å². The van der Waals surface area contributed by atoms with Gasteiger partial charge in [-0.2, -0.15) is 0 Å². The Hall–Kier alpha value is -2.84. The fraction of sp³-hybridized carbons (Fsp3) is 0.350. The van der Waals surface area contributed by atoms with Crippen LogP contribution in [0.4, 0.5) is 15.8 Å². The monoisotopic (exact) mass is 386 g/mol. The molecule has 28 heavy (non-hydrogen) atoms. The van der Waals surface area contributed by atoms with Crippen LogP contribution in [0.2, 0.25) is 0 Å². The lowest BCUT2D eigenvalue weighted by atomic mass is 10.1. The summed E-state index contributed by atoms with van der Waals surface area (Å²) >= 11 is 0. The van der Waals surface area contributed by atoms with Crippen LogP contribution >= 0.6 is 0 Å². The zero-order valence-corrected chi connectivity index (χ0v) is 15.7. The van der Waals surface area contributed by atoms with Crippen molar-refractivity contribution < 1.29 is 14.1 Å². The average Bonchev–Trinajstić information content (AvgIpc) is 2.70. The van der Waals surface area contributed by atoms with Crippen LogP contribution in [0.25, 0.3) is 0 Å². The number of para-hydroxylation sites is 2. The largest absolute Gasteiger partial charge is 0.319 e. The second-order valence-electron chi connectivity index (χ2n) is 6.84. The van der Waals surface area contributed by atoms with Crippen LogP contribution in [0.5, 0.6) is 0 Å². The second-order valence-corrected chi connectivity index (χ2v) is 6.84. The van der Waals surface area contributed by atoms with Crippen molar-refractivity contribution in [1.29, 1.82) is 0 Å². The molecule has 0 saturated carbocycles. The van der Waals surface area contributed by atoms with Crippen LogP contribution in [0, 0.1) is 15.9 Å². The maximum atomic E-state index is 13.8. The van der Waals surface area contributed by atoms with Crippen molar-refractivity contribution in [2.45, 2.75) is 19.5 Å². The first-order valence-corrected chi connectivity index (χ1v) is 9.20. The van der Waals surface area contributed by atoms with Gasteiger partial charge in [-0.1, -0.05) is 30.3 Å². The van der Waals surface area contributed by atoms with Gasteiger partial charge in [0.2, 0.25) is 5.91 Å². The summed E-state index contributed by atoms with van der Waals surface area (Å²) in [5.41, 5.74) is 0.735. The number of nitro benzene ring substituents is 1. The number of nitrogens with zero attached hydrogens (tertiary/aromatic N) is 3. The molecule has 0 aliphatic carbocycles. The molecule has 1 atom stereocenters. The zero-order chi connectivity index (χ0) is 20.1. The van der Waals surface area contributed by atoms with Gasteiger partial charge >= 0.3 is 0 Å². The molecule has 0 radical (unpaired) electrons. The molecule has 1 aliphatic heterocycles. The molecule has 1 heterocycles. The summed E-state index contributed by atoms with van der Waals surface area (Å²) in [5.74, 6) is -0.487. The van der Waals surface area contributed by atoms with Gasteiger partial charge in [-0.15, -0.1) is 0 Å². The van der Waals surface area contributed by atoms with Crippen LogP contribution in [0.15, 0.2) is 48.5 Å². The molecule has 2 aromatic carbocycles. The molecule has 0 spiro atoms. The topological polar surface area (TPSA) is 78.7 Å². The summed E-state index contributed by atoms with van der Waals surface area (Å²) in [5, 5.41) is 13.8. The molecule has 1 N–H and O–H groups in total. The van der Waals surface area contributed by atoms with E-state index in [2.05, 4.69) is 10.2 Å². The van der Waals surface area contributed by atoms with Crippen LogP contribution in [-0.4, -0.2) is 52.9 Å². The van der Waals surface area contributed by atoms with Crippen LogP contribution in [-0.2, 0) is 11.3 Å². The Balaban J connectivity index is 1.55. The van der Waals surface area contributed by atoms with Crippen molar-refractivity contribution in [3.63, 3.8) is 0 Å². The van der Waals surface area contributed by atoms with E-state index in [0.717, 1.165) is 13.1 Å². The van der Waals surface area contributed by atoms with E-state index in [9.17, 15) is 19.3 Å². The fourth-order valence-corrected chi connectivity index (χ4v) is 3.32. The summed E-state index contributed by atoms with van der Waals surface area (Å²) in [6.07, 6.45) is 0. The van der Waals surface area contributed by atoms with Crippen LogP contribution < -0.4 is 5.32 Å². The van der Waals surface area contributed by atoms with Crippen molar-refractivity contribution in [1.82, 2.24) is 9.80 Å². The molecule has 2 aromatic rings. The quantitative estimate of drug-likeness (QED) is 0.610. The Bertz CT molecular complexity index is 853. The number of hydrogen-bond donors (Lipinski definition) is 1. The number of benzene rings is 2. The Labute approximate surface area is 162 Å². The van der Waals surface area contributed by atoms with Gasteiger partial charge in [0.05, 0.1) is 11.0 Å². The van der Waals surface area contributed by atoms with Gasteiger partial charge in [0.1, 0.15) is 11.5 Å². The molecule has 1 fully saturated rings. The molecule has 0 bridgehead atoms. The SMILES string of the molecule is CC(C(=O)Nc1ccccc1[N+](=O)[O-])N1CCN(Cc2ccccc2F)CC1. The zero-order valence-electron chi connectivity index (χ0n) is 15.7. The predicted molar refractivity (Wildman–Crippen MR) is 104 cm³/mol. The molecule has 1 unspecified atom stereocenters. The molecule has 1 amide bonds. The van der Waals surface area contributed by atoms with Gasteiger partial charge in [-0.3, -0.25) is 24.7 Å². The third-order valence-electron chi connectivity index (χ3n) is 5.04. The number of carbonyl (C=O) groups is 1. The van der Waals surface area contributed by atoms with Crippen molar-refractivity contribution in [2.75, 3.05) is 31.5 Å². The Morgan fingerprint density at radius 1 is 1.14 bits per heavy atom. The van der Waals surface area contributed by atoms with E-state index in [0.29, 0.717) is 25.2 Å². The number of anilines is 1. The van der Waals surface area contributed by atoms with Gasteiger partial charge in [0, 0.05) is 44.4 Å². The second kappa shape index (κ2) is 8.90. The first-order chi connectivity index (χ1) is 13.5. The molecule has 0 aromatic heterocycles. The number of nitrogens with one attached hydrogen (secondary N) is 1. The van der Waals surface area contributed by atoms with E-state index in [4.69, 9.17) is 0 Å². The molecular weight excluding hydrogens is 363 g/mol. The minimum absolute atomic E-state index is 0.127. The minimum atomic E-state index is -0.512. The summed E-state index contributed by atoms with van der Waals surface area (Å²) in [4.78, 5) is 27.3. The van der Waals surface area contributed by atoms with Crippen LogP contribution in [0.1, 0.15) is 12.5 Å². The lowest BCUT2D eigenvalue weighted by molar-refractivity contribution is -0.383. The van der Waals surface area contributed by atoms with Crippen molar-refractivity contribution in [3.05, 3.63) is 70.0 Å². The van der Waals surface area contributed by atoms with E-state index >= 15 is 0 Å². The molecule has 1 saturated heterocycles. The first kappa shape index (κ1) is 19.9. The lowest BCUT2D eigenvalue weighted by Crippen LogP contribution is -2.52. The number of halogens is 1. The molecule has 1 aliphatic rings. The lowest BCUT2D eigenvalue weighted by Gasteiger charge is -2.37. The number of rotatable bonds is 6. The van der Waals surface area contributed by atoms with E-state index in [-0.39, 0.29) is 23.1 Å². The Morgan fingerprint density at radius 3 is 2.46 bits per heavy atom. The van der Waals surface area contributed by atoms with E-state index in [1.54, 1.807) is 31.2 Å². The summed E-state index contributed by atoms with van der Waals surface area (Å²) in [6, 6.07) is 12.4. The van der Waals surface area contributed by atoms with Crippen molar-refractivity contribution >= 4 is 17.3 Å². The minimum Gasteiger partial charge on any atom is -0.319 e. The highest BCUT2D eigenvalue weighted by atomic mass is 19.1. The Morgan fingerprint density at radius 2 is 1.79 bits per heavy atom. The molecular formula is C20H23FN4O3. The highest BCUT2D eigenvalue weighted by molar-refractivity contribution is 5.96. The van der Waals surface area contributed by atoms with E-state index in [1.165, 1.54) is 18.2 Å². The maximum absolute atomic E-state index is 13.8. The number of nitro groups is 1. The van der Waals surface area contributed by atoms with Crippen LogP contribution in [0.3, 0.4) is 0 Å². The van der Waals surface area contributed by atoms with Gasteiger partial charge < -0.3 is 5.32 Å². The van der Waals surface area contributed by atoms with Gasteiger partial charge in [-0.25, -0.2) is 4.39 Å². The predicted octanol–water partition coefficient (Wildman–Crippen LogP) is 2.88. The maximum Gasteiger partial charge on any atom is 0.292 e. The highest BCUT2D eigenvalue weighted by Crippen LogP contribution is 2.23. The summed E-state index contributed by atoms with van der Waals surface area (Å²) in [7, 11) is 0. The smallest absolute Gasteiger partial charge is 0.292 e. The standard InChI is InChI=1S/C20H23FN4O3/c1-15(20(26)22-18-8-4-5-9-19(18)25(27)28)24-12-10-23(11-13-24)14-16-6-2-3-7-17(16)21/h2-9,15H,10-14H2,1H3,(H,22,26). The fourth-order valence-electron chi connectivity index (χ4n) is 3.32. The third-order valence-corrected chi connectivity index (χ3v) is 5.04. The summed E-state index contributed by atoms with van der Waals surface area (Å²) < 4.78 is 13.8.